The van der Waals surface area contributed by atoms with E-state index in [1.807, 2.05) is 0 Å². The maximum Gasteiger partial charge on any atom is 0.191 e. The summed E-state index contributed by atoms with van der Waals surface area (Å²) in [7, 11) is -1.39. The minimum Gasteiger partial charge on any atom is -0.355 e. The summed E-state index contributed by atoms with van der Waals surface area (Å²) in [5.41, 5.74) is 0. The molecule has 1 aliphatic heterocycles. The number of nitrogens with zero attached hydrogens (tertiary/aromatic N) is 2. The van der Waals surface area contributed by atoms with E-state index in [1.54, 1.807) is 27.8 Å². The topological polar surface area (TPSA) is 73.8 Å². The first-order valence-electron chi connectivity index (χ1n) is 9.12. The molecule has 1 heterocycles. The largest absolute Gasteiger partial charge is 0.355 e. The van der Waals surface area contributed by atoms with Crippen molar-refractivity contribution in [3.05, 3.63) is 0 Å². The van der Waals surface area contributed by atoms with Crippen molar-refractivity contribution < 1.29 is 8.42 Å². The van der Waals surface area contributed by atoms with Gasteiger partial charge in [0.2, 0.25) is 0 Å². The third kappa shape index (κ3) is 8.43. The van der Waals surface area contributed by atoms with E-state index in [0.29, 0.717) is 18.5 Å². The molecule has 6 nitrogen and oxygen atoms in total. The molecule has 0 bridgehead atoms. The maximum atomic E-state index is 12.1. The number of hydrogen-bond donors (Lipinski definition) is 2. The molecular formula is C17H37IN4O2S. The quantitative estimate of drug-likeness (QED) is 0.327. The van der Waals surface area contributed by atoms with Gasteiger partial charge in [-0.3, -0.25) is 9.89 Å². The van der Waals surface area contributed by atoms with Crippen molar-refractivity contribution in [2.45, 2.75) is 64.2 Å². The molecule has 0 aromatic carbocycles. The van der Waals surface area contributed by atoms with Crippen molar-refractivity contribution in [1.82, 2.24) is 15.5 Å². The lowest BCUT2D eigenvalue weighted by Gasteiger charge is -2.35. The number of guanidine groups is 1. The summed E-state index contributed by atoms with van der Waals surface area (Å²) in [6.45, 7) is 10.8. The minimum atomic E-state index is -3.10. The molecule has 0 amide bonds. The molecule has 0 spiro atoms. The molecule has 1 fully saturated rings. The Hall–Kier alpha value is -0.0900. The number of hydrogen-bond acceptors (Lipinski definition) is 4. The second kappa shape index (κ2) is 11.6. The van der Waals surface area contributed by atoms with Gasteiger partial charge >= 0.3 is 0 Å². The van der Waals surface area contributed by atoms with Gasteiger partial charge in [0, 0.05) is 32.7 Å². The molecule has 1 saturated heterocycles. The summed E-state index contributed by atoms with van der Waals surface area (Å²) in [5, 5.41) is 6.39. The van der Waals surface area contributed by atoms with Crippen molar-refractivity contribution in [1.29, 1.82) is 0 Å². The highest BCUT2D eigenvalue weighted by atomic mass is 127. The fourth-order valence-corrected chi connectivity index (χ4v) is 3.95. The van der Waals surface area contributed by atoms with E-state index in [0.717, 1.165) is 13.1 Å². The summed E-state index contributed by atoms with van der Waals surface area (Å²) >= 11 is 0. The van der Waals surface area contributed by atoms with Crippen LogP contribution >= 0.6 is 24.0 Å². The van der Waals surface area contributed by atoms with Crippen LogP contribution in [0.5, 0.6) is 0 Å². The zero-order chi connectivity index (χ0) is 18.2. The van der Waals surface area contributed by atoms with Crippen LogP contribution in [0, 0.1) is 0 Å². The first-order chi connectivity index (χ1) is 11.2. The monoisotopic (exact) mass is 488 g/mol. The van der Waals surface area contributed by atoms with Gasteiger partial charge in [-0.1, -0.05) is 13.3 Å². The van der Waals surface area contributed by atoms with E-state index in [2.05, 4.69) is 27.4 Å². The predicted molar refractivity (Wildman–Crippen MR) is 118 cm³/mol. The summed E-state index contributed by atoms with van der Waals surface area (Å²) in [5.74, 6) is 0.783. The van der Waals surface area contributed by atoms with Crippen LogP contribution in [0.15, 0.2) is 4.99 Å². The Morgan fingerprint density at radius 3 is 2.40 bits per heavy atom. The predicted octanol–water partition coefficient (Wildman–Crippen LogP) is 2.25. The van der Waals surface area contributed by atoms with Gasteiger partial charge in [0.05, 0.1) is 10.5 Å². The smallest absolute Gasteiger partial charge is 0.191 e. The van der Waals surface area contributed by atoms with Crippen LogP contribution in [0.3, 0.4) is 0 Å². The fourth-order valence-electron chi connectivity index (χ4n) is 2.97. The van der Waals surface area contributed by atoms with Crippen LogP contribution in [0.4, 0.5) is 0 Å². The highest BCUT2D eigenvalue weighted by molar-refractivity contribution is 14.0. The molecule has 1 unspecified atom stereocenters. The van der Waals surface area contributed by atoms with E-state index in [1.165, 1.54) is 32.2 Å². The number of piperidine rings is 1. The molecule has 8 heteroatoms. The molecule has 1 rings (SSSR count). The van der Waals surface area contributed by atoms with Gasteiger partial charge < -0.3 is 10.6 Å². The molecular weight excluding hydrogens is 451 g/mol. The maximum absolute atomic E-state index is 12.1. The molecule has 1 aliphatic rings. The van der Waals surface area contributed by atoms with Gasteiger partial charge in [-0.15, -0.1) is 24.0 Å². The summed E-state index contributed by atoms with van der Waals surface area (Å²) in [6.07, 6.45) is 5.13. The number of nitrogens with one attached hydrogen (secondary N) is 2. The molecule has 0 radical (unpaired) electrons. The fraction of sp³-hybridized carbons (Fsp3) is 0.941. The zero-order valence-electron chi connectivity index (χ0n) is 16.5. The van der Waals surface area contributed by atoms with E-state index in [9.17, 15) is 8.42 Å². The molecule has 0 saturated carbocycles. The van der Waals surface area contributed by atoms with Crippen molar-refractivity contribution in [3.63, 3.8) is 0 Å². The van der Waals surface area contributed by atoms with Crippen molar-refractivity contribution >= 4 is 39.8 Å². The third-order valence-electron chi connectivity index (χ3n) is 4.73. The van der Waals surface area contributed by atoms with Crippen LogP contribution in [0.1, 0.15) is 53.4 Å². The van der Waals surface area contributed by atoms with Gasteiger partial charge in [-0.2, -0.15) is 0 Å². The van der Waals surface area contributed by atoms with E-state index in [-0.39, 0.29) is 29.7 Å². The Bertz CT molecular complexity index is 503. The molecule has 150 valence electrons. The highest BCUT2D eigenvalue weighted by Crippen LogP contribution is 2.18. The Kier molecular flexibility index (Phi) is 11.5. The average molecular weight is 488 g/mol. The second-order valence-electron chi connectivity index (χ2n) is 7.45. The van der Waals surface area contributed by atoms with Crippen molar-refractivity contribution in [2.75, 3.05) is 39.0 Å². The lowest BCUT2D eigenvalue weighted by atomic mass is 10.0. The standard InChI is InChI=1S/C17H36N4O2S.HI/c1-6-15-9-7-8-12-21(15)13-10-19-16(18-5)20-11-14-24(22,23)17(2,3)4;/h15H,6-14H2,1-5H3,(H2,18,19,20);1H. The molecule has 2 N–H and O–H groups in total. The van der Waals surface area contributed by atoms with Crippen LogP contribution in [-0.4, -0.2) is 69.0 Å². The normalized spacial score (nSPS) is 20.0. The van der Waals surface area contributed by atoms with Crippen molar-refractivity contribution in [2.24, 2.45) is 4.99 Å². The lowest BCUT2D eigenvalue weighted by molar-refractivity contribution is 0.147. The van der Waals surface area contributed by atoms with Crippen LogP contribution < -0.4 is 10.6 Å². The number of rotatable bonds is 7. The zero-order valence-corrected chi connectivity index (χ0v) is 19.6. The lowest BCUT2D eigenvalue weighted by Crippen LogP contribution is -2.46. The Balaban J connectivity index is 0.00000576. The first-order valence-corrected chi connectivity index (χ1v) is 10.8. The number of aliphatic imine (C=N–C) groups is 1. The number of sulfone groups is 1. The Labute approximate surface area is 171 Å². The van der Waals surface area contributed by atoms with Crippen LogP contribution in [-0.2, 0) is 9.84 Å². The summed E-state index contributed by atoms with van der Waals surface area (Å²) in [4.78, 5) is 6.72. The van der Waals surface area contributed by atoms with E-state index >= 15 is 0 Å². The van der Waals surface area contributed by atoms with Gasteiger partial charge in [-0.05, 0) is 46.6 Å². The SMILES string of the molecule is CCC1CCCCN1CCNC(=NC)NCCS(=O)(=O)C(C)(C)C.I. The Morgan fingerprint density at radius 2 is 1.84 bits per heavy atom. The van der Waals surface area contributed by atoms with Crippen LogP contribution in [0.25, 0.3) is 0 Å². The van der Waals surface area contributed by atoms with Crippen molar-refractivity contribution in [3.8, 4) is 0 Å². The molecule has 25 heavy (non-hydrogen) atoms. The Morgan fingerprint density at radius 1 is 1.20 bits per heavy atom. The molecule has 1 atom stereocenters. The third-order valence-corrected chi connectivity index (χ3v) is 7.34. The average Bonchev–Trinajstić information content (AvgIpc) is 2.52. The molecule has 0 aromatic heterocycles. The summed E-state index contributed by atoms with van der Waals surface area (Å²) in [6, 6.07) is 0.701. The minimum absolute atomic E-state index is 0. The van der Waals surface area contributed by atoms with E-state index < -0.39 is 14.6 Å². The number of halogens is 1. The number of likely N-dealkylation sites (tertiary alicyclic amines) is 1. The molecule has 0 aromatic rings. The van der Waals surface area contributed by atoms with Crippen LogP contribution in [0.2, 0.25) is 0 Å². The second-order valence-corrected chi connectivity index (χ2v) is 10.3. The van der Waals surface area contributed by atoms with Gasteiger partial charge in [-0.25, -0.2) is 8.42 Å². The van der Waals surface area contributed by atoms with Gasteiger partial charge in [0.25, 0.3) is 0 Å². The highest BCUT2D eigenvalue weighted by Gasteiger charge is 2.28. The van der Waals surface area contributed by atoms with Gasteiger partial charge in [0.1, 0.15) is 0 Å². The van der Waals surface area contributed by atoms with E-state index in [4.69, 9.17) is 0 Å². The first kappa shape index (κ1) is 24.9. The molecule has 0 aliphatic carbocycles. The summed E-state index contributed by atoms with van der Waals surface area (Å²) < 4.78 is 23.5. The van der Waals surface area contributed by atoms with Gasteiger partial charge in [0.15, 0.2) is 15.8 Å².